The summed E-state index contributed by atoms with van der Waals surface area (Å²) in [6.07, 6.45) is 21.0. The number of amides is 6. The molecule has 26 heteroatoms. The first-order chi connectivity index (χ1) is 46.8. The first-order valence-electron chi connectivity index (χ1n) is 35.5. The van der Waals surface area contributed by atoms with Crippen molar-refractivity contribution >= 4 is 64.1 Å². The normalized spacial score (nSPS) is 23.2. The molecule has 6 aliphatic heterocycles. The summed E-state index contributed by atoms with van der Waals surface area (Å²) in [6.45, 7) is 20.5. The smallest absolute Gasteiger partial charge is 0.319 e. The van der Waals surface area contributed by atoms with Crippen LogP contribution in [0.4, 0.5) is 42.1 Å². The Labute approximate surface area is 567 Å². The molecule has 2 atom stereocenters. The Kier molecular flexibility index (Phi) is 21.4. The standard InChI is InChI=1S/C28H38N10O2.C22H31FN4O2.C21H29FN4O2/c1-6-36(5)27(39)37-11-9-16(10-12-37)18-13-30-25(31-14-18)19-22(35-40-23(19)17-7-8-17)21-20-24(29)32-15-33-26(20)38(34-21)28(2,3)4;1-15-2-5-17(6-3-15)26-10-12-27(13-11-26)20-8-4-16(14-18(20)23)24-19-7-9-21(28)25-22(19)29;22-17-14-15(23-18-7-9-20(27)24-21(18)28)6-8-19(17)26-12-10-25(11-13-26)16-4-2-1-3-5-16/h13-14,16-17,33H,6-12,15H2,1-5H3,(H2,29,32);4,8,14-15,17,19,24H,2-3,5-7,9-13H2,1H3,(H,25,28,29);6,8,14,16,18,23H,1-5,7,9-13H2,(H,24,27,28). The molecular weight excluding hydrogens is 1240 g/mol. The van der Waals surface area contributed by atoms with Crippen molar-refractivity contribution in [3.05, 3.63) is 77.3 Å². The van der Waals surface area contributed by atoms with Gasteiger partial charge in [-0.05, 0) is 159 Å². The number of nitrogens with two attached hydrogens (primary N) is 1. The minimum absolute atomic E-state index is 0.0945. The average molecular weight is 1340 g/mol. The van der Waals surface area contributed by atoms with Gasteiger partial charge in [0.15, 0.2) is 11.6 Å². The third kappa shape index (κ3) is 16.2. The number of aliphatic imine (C=N–C) groups is 1. The second-order valence-corrected chi connectivity index (χ2v) is 28.9. The maximum absolute atomic E-state index is 14.8. The maximum Gasteiger partial charge on any atom is 0.319 e. The second-order valence-electron chi connectivity index (χ2n) is 28.9. The van der Waals surface area contributed by atoms with E-state index in [1.807, 2.05) is 48.1 Å². The van der Waals surface area contributed by atoms with Gasteiger partial charge < -0.3 is 45.8 Å². The van der Waals surface area contributed by atoms with E-state index in [0.717, 1.165) is 125 Å². The highest BCUT2D eigenvalue weighted by Crippen LogP contribution is 2.48. The number of halogens is 2. The van der Waals surface area contributed by atoms with Crippen LogP contribution in [0.5, 0.6) is 0 Å². The van der Waals surface area contributed by atoms with Crippen molar-refractivity contribution in [2.45, 2.75) is 185 Å². The highest BCUT2D eigenvalue weighted by molar-refractivity contribution is 6.09. The molecule has 8 fully saturated rings. The van der Waals surface area contributed by atoms with E-state index in [1.165, 1.54) is 69.9 Å². The molecule has 97 heavy (non-hydrogen) atoms. The summed E-state index contributed by atoms with van der Waals surface area (Å²) in [7, 11) is 1.84. The lowest BCUT2D eigenvalue weighted by Crippen LogP contribution is -2.51. The monoisotopic (exact) mass is 1340 g/mol. The van der Waals surface area contributed by atoms with Crippen LogP contribution < -0.4 is 42.1 Å². The zero-order valence-corrected chi connectivity index (χ0v) is 57.3. The minimum atomic E-state index is -0.500. The number of nitrogens with zero attached hydrogens (tertiary/aromatic N) is 12. The Hall–Kier alpha value is -8.26. The number of piperazine rings is 2. The average Bonchev–Trinajstić information content (AvgIpc) is 1.59. The van der Waals surface area contributed by atoms with E-state index >= 15 is 0 Å². The number of nitrogens with one attached hydrogen (secondary N) is 5. The summed E-state index contributed by atoms with van der Waals surface area (Å²) in [4.78, 5) is 85.9. The fraction of sp³-hybridized carbons (Fsp3) is 0.606. The van der Waals surface area contributed by atoms with Crippen LogP contribution in [0.2, 0.25) is 0 Å². The number of piperidine rings is 3. The number of likely N-dealkylation sites (tertiary alicyclic amines) is 1. The number of imide groups is 2. The van der Waals surface area contributed by atoms with E-state index in [2.05, 4.69) is 84.0 Å². The van der Waals surface area contributed by atoms with Gasteiger partial charge >= 0.3 is 6.03 Å². The fourth-order valence-electron chi connectivity index (χ4n) is 15.0. The third-order valence-corrected chi connectivity index (χ3v) is 21.1. The zero-order chi connectivity index (χ0) is 68.1. The molecule has 3 aliphatic carbocycles. The van der Waals surface area contributed by atoms with Gasteiger partial charge in [0, 0.05) is 134 Å². The van der Waals surface area contributed by atoms with Crippen LogP contribution in [0.3, 0.4) is 0 Å². The summed E-state index contributed by atoms with van der Waals surface area (Å²) >= 11 is 0. The molecule has 24 nitrogen and oxygen atoms in total. The number of carbonyl (C=O) groups excluding carboxylic acids is 5. The molecule has 3 saturated carbocycles. The van der Waals surface area contributed by atoms with E-state index in [4.69, 9.17) is 25.3 Å². The lowest BCUT2D eigenvalue weighted by atomic mass is 9.86. The summed E-state index contributed by atoms with van der Waals surface area (Å²) < 4.78 is 37.4. The number of aromatic nitrogens is 5. The van der Waals surface area contributed by atoms with Crippen molar-refractivity contribution in [3.8, 4) is 22.8 Å². The third-order valence-electron chi connectivity index (χ3n) is 21.1. The van der Waals surface area contributed by atoms with E-state index in [0.29, 0.717) is 109 Å². The van der Waals surface area contributed by atoms with Gasteiger partial charge in [-0.3, -0.25) is 39.6 Å². The Balaban J connectivity index is 0.000000142. The Morgan fingerprint density at radius 3 is 1.70 bits per heavy atom. The van der Waals surface area contributed by atoms with Gasteiger partial charge in [0.05, 0.1) is 28.0 Å². The molecular formula is C71H98F2N18O6. The molecule has 14 rings (SSSR count). The molecule has 0 radical (unpaired) electrons. The summed E-state index contributed by atoms with van der Waals surface area (Å²) in [6, 6.07) is 10.6. The molecule has 9 aliphatic rings. The molecule has 5 saturated heterocycles. The van der Waals surface area contributed by atoms with Crippen LogP contribution >= 0.6 is 0 Å². The number of hydrogen-bond donors (Lipinski definition) is 6. The topological polar surface area (TPSA) is 273 Å². The first kappa shape index (κ1) is 68.7. The predicted molar refractivity (Wildman–Crippen MR) is 370 cm³/mol. The van der Waals surface area contributed by atoms with Crippen LogP contribution in [0.15, 0.2) is 58.3 Å². The molecule has 0 bridgehead atoms. The van der Waals surface area contributed by atoms with Crippen LogP contribution in [-0.4, -0.2) is 190 Å². The number of fused-ring (bicyclic) bond motifs is 1. The van der Waals surface area contributed by atoms with Gasteiger partial charge in [-0.15, -0.1) is 0 Å². The fourth-order valence-corrected chi connectivity index (χ4v) is 15.0. The molecule has 9 heterocycles. The van der Waals surface area contributed by atoms with E-state index in [-0.39, 0.29) is 46.8 Å². The molecule has 7 N–H and O–H groups in total. The van der Waals surface area contributed by atoms with Crippen molar-refractivity contribution in [2.24, 2.45) is 16.6 Å². The number of benzene rings is 2. The van der Waals surface area contributed by atoms with Gasteiger partial charge in [-0.1, -0.05) is 31.3 Å². The number of anilines is 5. The largest absolute Gasteiger partial charge is 0.383 e. The quantitative estimate of drug-likeness (QED) is 0.0599. The van der Waals surface area contributed by atoms with Gasteiger partial charge in [-0.2, -0.15) is 5.10 Å². The van der Waals surface area contributed by atoms with Crippen molar-refractivity contribution < 1.29 is 37.3 Å². The van der Waals surface area contributed by atoms with Crippen LogP contribution in [0, 0.1) is 17.6 Å². The van der Waals surface area contributed by atoms with Crippen LogP contribution in [0.1, 0.15) is 172 Å². The number of hydrogen-bond acceptors (Lipinski definition) is 19. The van der Waals surface area contributed by atoms with E-state index in [1.54, 1.807) is 17.0 Å². The van der Waals surface area contributed by atoms with Crippen molar-refractivity contribution in [2.75, 3.05) is 111 Å². The Bertz CT molecular complexity index is 3640. The van der Waals surface area contributed by atoms with Crippen molar-refractivity contribution in [1.29, 1.82) is 0 Å². The SMILES string of the molecule is CC1CCC(N2CCN(c3ccc(NC4CCC(=O)NC4=O)cc3F)CC2)CC1.CCN(C)C(=O)N1CCC(c2cnc(-c3c(-c4nn(C(C)(C)C)c5c4C(N)=NCN5)noc3C3CC3)nc2)CC1.O=C1CCC(Nc2ccc(N3CCN(C4CCCCC4)CC3)c(F)c2)C(=O)N1. The summed E-state index contributed by atoms with van der Waals surface area (Å²) in [5.74, 6) is 2.33. The van der Waals surface area contributed by atoms with Crippen molar-refractivity contribution in [3.63, 3.8) is 0 Å². The molecule has 6 amide bonds. The molecule has 5 aromatic rings. The number of amidine groups is 1. The number of rotatable bonds is 13. The summed E-state index contributed by atoms with van der Waals surface area (Å²) in [5.41, 5.74) is 12.3. The van der Waals surface area contributed by atoms with Gasteiger partial charge in [0.2, 0.25) is 23.6 Å². The van der Waals surface area contributed by atoms with Crippen molar-refractivity contribution in [1.82, 2.24) is 55.1 Å². The molecule has 3 aromatic heterocycles. The maximum atomic E-state index is 14.8. The number of urea groups is 1. The second kappa shape index (κ2) is 30.2. The predicted octanol–water partition coefficient (Wildman–Crippen LogP) is 9.21. The highest BCUT2D eigenvalue weighted by atomic mass is 19.1. The Morgan fingerprint density at radius 1 is 0.670 bits per heavy atom. The van der Waals surface area contributed by atoms with Gasteiger partial charge in [-0.25, -0.2) is 33.2 Å². The van der Waals surface area contributed by atoms with Crippen LogP contribution in [0.25, 0.3) is 22.8 Å². The van der Waals surface area contributed by atoms with Crippen LogP contribution in [-0.2, 0) is 24.7 Å². The molecule has 2 unspecified atom stereocenters. The highest BCUT2D eigenvalue weighted by Gasteiger charge is 2.39. The van der Waals surface area contributed by atoms with Gasteiger partial charge in [0.25, 0.3) is 0 Å². The molecule has 522 valence electrons. The van der Waals surface area contributed by atoms with Gasteiger partial charge in [0.1, 0.15) is 53.4 Å². The molecule has 0 spiro atoms. The zero-order valence-electron chi connectivity index (χ0n) is 57.3. The number of carbonyl (C=O) groups is 5. The lowest BCUT2D eigenvalue weighted by Gasteiger charge is -2.42. The lowest BCUT2D eigenvalue weighted by molar-refractivity contribution is -0.135. The molecule has 2 aromatic carbocycles. The van der Waals surface area contributed by atoms with E-state index in [9.17, 15) is 32.8 Å². The Morgan fingerprint density at radius 2 is 1.21 bits per heavy atom. The minimum Gasteiger partial charge on any atom is -0.383 e. The first-order valence-corrected chi connectivity index (χ1v) is 35.5. The van der Waals surface area contributed by atoms with E-state index < -0.39 is 12.1 Å². The summed E-state index contributed by atoms with van der Waals surface area (Å²) in [5, 5.41) is 23.5.